The minimum absolute atomic E-state index is 0.170. The summed E-state index contributed by atoms with van der Waals surface area (Å²) in [5.41, 5.74) is 3.77. The maximum absolute atomic E-state index is 5.75. The first-order valence-corrected chi connectivity index (χ1v) is 7.83. The number of benzene rings is 2. The minimum atomic E-state index is 0.170. The fourth-order valence-corrected chi connectivity index (χ4v) is 3.30. The normalized spacial score (nSPS) is 17.8. The molecule has 3 nitrogen and oxygen atoms in total. The van der Waals surface area contributed by atoms with Crippen LogP contribution >= 0.6 is 12.2 Å². The Morgan fingerprint density at radius 1 is 1.00 bits per heavy atom. The number of thiocarbonyl (C=S) groups is 1. The zero-order chi connectivity index (χ0) is 15.7. The van der Waals surface area contributed by atoms with Crippen molar-refractivity contribution in [2.24, 2.45) is 0 Å². The highest BCUT2D eigenvalue weighted by Gasteiger charge is 2.33. The molecule has 0 bridgehead atoms. The predicted molar refractivity (Wildman–Crippen MR) is 96.1 cm³/mol. The molecule has 2 aromatic carbocycles. The summed E-state index contributed by atoms with van der Waals surface area (Å²) in [5, 5.41) is 0.862. The van der Waals surface area contributed by atoms with Crippen LogP contribution in [0.4, 0.5) is 5.69 Å². The third-order valence-electron chi connectivity index (χ3n) is 3.98. The number of hydrogen-bond acceptors (Lipinski definition) is 2. The van der Waals surface area contributed by atoms with Crippen molar-refractivity contribution in [1.29, 1.82) is 0 Å². The second-order valence-corrected chi connectivity index (χ2v) is 6.28. The van der Waals surface area contributed by atoms with E-state index in [-0.39, 0.29) is 6.04 Å². The smallest absolute Gasteiger partial charge is 0.177 e. The first kappa shape index (κ1) is 15.0. The highest BCUT2D eigenvalue weighted by Crippen LogP contribution is 2.39. The SMILES string of the molecule is CN(C)CN1C(=S)N(C)C(c2ccccc2)c2ccccc21. The second kappa shape index (κ2) is 6.07. The lowest BCUT2D eigenvalue weighted by atomic mass is 9.94. The molecule has 0 radical (unpaired) electrons. The lowest BCUT2D eigenvalue weighted by Gasteiger charge is -2.44. The molecule has 1 aliphatic heterocycles. The van der Waals surface area contributed by atoms with Gasteiger partial charge in [0.25, 0.3) is 0 Å². The van der Waals surface area contributed by atoms with E-state index in [4.69, 9.17) is 12.2 Å². The van der Waals surface area contributed by atoms with Gasteiger partial charge in [-0.2, -0.15) is 0 Å². The van der Waals surface area contributed by atoms with Crippen LogP contribution in [0.3, 0.4) is 0 Å². The molecule has 1 unspecified atom stereocenters. The summed E-state index contributed by atoms with van der Waals surface area (Å²) < 4.78 is 0. The van der Waals surface area contributed by atoms with Gasteiger partial charge in [0.15, 0.2) is 5.11 Å². The van der Waals surface area contributed by atoms with Crippen molar-refractivity contribution < 1.29 is 0 Å². The molecule has 0 fully saturated rings. The Morgan fingerprint density at radius 2 is 1.64 bits per heavy atom. The number of hydrogen-bond donors (Lipinski definition) is 0. The summed E-state index contributed by atoms with van der Waals surface area (Å²) in [6.07, 6.45) is 0. The number of fused-ring (bicyclic) bond motifs is 1. The maximum atomic E-state index is 5.75. The van der Waals surface area contributed by atoms with E-state index in [0.717, 1.165) is 11.8 Å². The van der Waals surface area contributed by atoms with Crippen LogP contribution in [0.15, 0.2) is 54.6 Å². The molecule has 0 saturated heterocycles. The van der Waals surface area contributed by atoms with Crippen LogP contribution < -0.4 is 4.90 Å². The summed E-state index contributed by atoms with van der Waals surface area (Å²) in [7, 11) is 6.21. The number of anilines is 1. The van der Waals surface area contributed by atoms with Gasteiger partial charge in [0.2, 0.25) is 0 Å². The molecule has 1 atom stereocenters. The summed E-state index contributed by atoms with van der Waals surface area (Å²) in [6, 6.07) is 19.3. The Morgan fingerprint density at radius 3 is 2.32 bits per heavy atom. The van der Waals surface area contributed by atoms with Gasteiger partial charge in [-0.3, -0.25) is 4.90 Å². The summed E-state index contributed by atoms with van der Waals surface area (Å²) in [4.78, 5) is 6.53. The molecule has 0 amide bonds. The van der Waals surface area contributed by atoms with E-state index >= 15 is 0 Å². The summed E-state index contributed by atoms with van der Waals surface area (Å²) in [6.45, 7) is 0.779. The van der Waals surface area contributed by atoms with E-state index in [2.05, 4.69) is 90.4 Å². The van der Waals surface area contributed by atoms with Gasteiger partial charge in [0.1, 0.15) is 0 Å². The average Bonchev–Trinajstić information content (AvgIpc) is 2.53. The summed E-state index contributed by atoms with van der Waals surface area (Å²) in [5.74, 6) is 0. The number of rotatable bonds is 3. The van der Waals surface area contributed by atoms with E-state index in [9.17, 15) is 0 Å². The van der Waals surface area contributed by atoms with Crippen molar-refractivity contribution in [2.75, 3.05) is 32.7 Å². The third-order valence-corrected chi connectivity index (χ3v) is 4.49. The van der Waals surface area contributed by atoms with Crippen molar-refractivity contribution in [3.8, 4) is 0 Å². The molecular formula is C18H21N3S. The van der Waals surface area contributed by atoms with Crippen LogP contribution in [0.2, 0.25) is 0 Å². The van der Waals surface area contributed by atoms with Gasteiger partial charge in [-0.15, -0.1) is 0 Å². The van der Waals surface area contributed by atoms with Crippen LogP contribution in [-0.4, -0.2) is 42.7 Å². The molecule has 0 aromatic heterocycles. The van der Waals surface area contributed by atoms with E-state index in [1.165, 1.54) is 16.8 Å². The van der Waals surface area contributed by atoms with E-state index < -0.39 is 0 Å². The largest absolute Gasteiger partial charge is 0.341 e. The van der Waals surface area contributed by atoms with Crippen LogP contribution in [0.5, 0.6) is 0 Å². The lowest BCUT2D eigenvalue weighted by Crippen LogP contribution is -2.50. The molecule has 3 rings (SSSR count). The minimum Gasteiger partial charge on any atom is -0.341 e. The predicted octanol–water partition coefficient (Wildman–Crippen LogP) is 3.33. The molecule has 0 saturated carbocycles. The quantitative estimate of drug-likeness (QED) is 0.804. The van der Waals surface area contributed by atoms with Gasteiger partial charge < -0.3 is 9.80 Å². The van der Waals surface area contributed by atoms with E-state index in [1.54, 1.807) is 0 Å². The van der Waals surface area contributed by atoms with Gasteiger partial charge >= 0.3 is 0 Å². The van der Waals surface area contributed by atoms with Gasteiger partial charge in [-0.1, -0.05) is 48.5 Å². The Hall–Kier alpha value is -1.91. The Kier molecular flexibility index (Phi) is 4.14. The lowest BCUT2D eigenvalue weighted by molar-refractivity contribution is 0.379. The van der Waals surface area contributed by atoms with E-state index in [1.807, 2.05) is 0 Å². The highest BCUT2D eigenvalue weighted by atomic mass is 32.1. The Bertz CT molecular complexity index is 669. The average molecular weight is 311 g/mol. The van der Waals surface area contributed by atoms with Crippen molar-refractivity contribution in [3.05, 3.63) is 65.7 Å². The highest BCUT2D eigenvalue weighted by molar-refractivity contribution is 7.80. The number of para-hydroxylation sites is 1. The van der Waals surface area contributed by atoms with Gasteiger partial charge in [-0.25, -0.2) is 0 Å². The fraction of sp³-hybridized carbons (Fsp3) is 0.278. The fourth-order valence-electron chi connectivity index (χ4n) is 3.04. The Balaban J connectivity index is 2.11. The molecule has 0 aliphatic carbocycles. The first-order chi connectivity index (χ1) is 10.6. The van der Waals surface area contributed by atoms with Crippen molar-refractivity contribution in [2.45, 2.75) is 6.04 Å². The van der Waals surface area contributed by atoms with Crippen molar-refractivity contribution in [1.82, 2.24) is 9.80 Å². The number of nitrogens with zero attached hydrogens (tertiary/aromatic N) is 3. The zero-order valence-electron chi connectivity index (χ0n) is 13.2. The maximum Gasteiger partial charge on any atom is 0.177 e. The van der Waals surface area contributed by atoms with Gasteiger partial charge in [0, 0.05) is 12.6 Å². The monoisotopic (exact) mass is 311 g/mol. The van der Waals surface area contributed by atoms with Crippen LogP contribution in [0.25, 0.3) is 0 Å². The molecule has 4 heteroatoms. The van der Waals surface area contributed by atoms with Crippen molar-refractivity contribution in [3.63, 3.8) is 0 Å². The molecular weight excluding hydrogens is 290 g/mol. The molecule has 22 heavy (non-hydrogen) atoms. The standard InChI is InChI=1S/C18H21N3S/c1-19(2)13-21-16-12-8-7-11-15(16)17(20(3)18(21)22)14-9-5-4-6-10-14/h4-12,17H,13H2,1-3H3. The molecule has 1 aliphatic rings. The topological polar surface area (TPSA) is 9.72 Å². The van der Waals surface area contributed by atoms with Gasteiger partial charge in [-0.05, 0) is 37.9 Å². The third kappa shape index (κ3) is 2.60. The van der Waals surface area contributed by atoms with E-state index in [0.29, 0.717) is 0 Å². The van der Waals surface area contributed by atoms with Crippen LogP contribution in [-0.2, 0) is 0 Å². The van der Waals surface area contributed by atoms with Gasteiger partial charge in [0.05, 0.1) is 18.4 Å². The van der Waals surface area contributed by atoms with Crippen LogP contribution in [0, 0.1) is 0 Å². The molecule has 114 valence electrons. The molecule has 0 N–H and O–H groups in total. The second-order valence-electron chi connectivity index (χ2n) is 5.91. The molecule has 0 spiro atoms. The zero-order valence-corrected chi connectivity index (χ0v) is 14.0. The molecule has 1 heterocycles. The Labute approximate surface area is 137 Å². The first-order valence-electron chi connectivity index (χ1n) is 7.42. The molecule has 2 aromatic rings. The van der Waals surface area contributed by atoms with Crippen molar-refractivity contribution >= 4 is 23.0 Å². The van der Waals surface area contributed by atoms with Crippen LogP contribution in [0.1, 0.15) is 17.2 Å². The summed E-state index contributed by atoms with van der Waals surface area (Å²) >= 11 is 5.75.